The fourth-order valence-corrected chi connectivity index (χ4v) is 1.95. The monoisotopic (exact) mass is 230 g/mol. The number of hydrogen-bond donors (Lipinski definition) is 1. The van der Waals surface area contributed by atoms with Gasteiger partial charge >= 0.3 is 0 Å². The molecule has 0 aliphatic carbocycles. The second kappa shape index (κ2) is 5.59. The molecule has 0 radical (unpaired) electrons. The van der Waals surface area contributed by atoms with E-state index in [0.717, 1.165) is 12.8 Å². The van der Waals surface area contributed by atoms with Gasteiger partial charge in [0.15, 0.2) is 0 Å². The van der Waals surface area contributed by atoms with Crippen molar-refractivity contribution in [1.29, 1.82) is 0 Å². The topological polar surface area (TPSA) is 42.7 Å². The highest BCUT2D eigenvalue weighted by Gasteiger charge is 2.10. The van der Waals surface area contributed by atoms with Crippen molar-refractivity contribution < 1.29 is 0 Å². The molecule has 1 atom stereocenters. The molecule has 2 aromatic rings. The van der Waals surface area contributed by atoms with Gasteiger partial charge in [0.2, 0.25) is 0 Å². The summed E-state index contributed by atoms with van der Waals surface area (Å²) in [6, 6.07) is 4.44. The maximum Gasteiger partial charge on any atom is 0.0537 e. The van der Waals surface area contributed by atoms with E-state index in [1.54, 1.807) is 6.20 Å². The second-order valence-electron chi connectivity index (χ2n) is 4.19. The SMILES string of the molecule is CNC(CCc1cccnc1)c1cnn(C)c1. The number of nitrogens with one attached hydrogen (secondary N) is 1. The van der Waals surface area contributed by atoms with Crippen molar-refractivity contribution in [2.45, 2.75) is 18.9 Å². The molecule has 2 aromatic heterocycles. The van der Waals surface area contributed by atoms with Gasteiger partial charge in [-0.25, -0.2) is 0 Å². The van der Waals surface area contributed by atoms with E-state index in [4.69, 9.17) is 0 Å². The predicted octanol–water partition coefficient (Wildman–Crippen LogP) is 1.71. The lowest BCUT2D eigenvalue weighted by atomic mass is 10.0. The Morgan fingerprint density at radius 1 is 1.41 bits per heavy atom. The average molecular weight is 230 g/mol. The Morgan fingerprint density at radius 2 is 2.29 bits per heavy atom. The van der Waals surface area contributed by atoms with Crippen LogP contribution in [0.15, 0.2) is 36.9 Å². The molecular formula is C13H18N4. The molecule has 0 saturated carbocycles. The lowest BCUT2D eigenvalue weighted by Gasteiger charge is -2.13. The number of aryl methyl sites for hydroxylation is 2. The van der Waals surface area contributed by atoms with Crippen LogP contribution in [-0.4, -0.2) is 21.8 Å². The van der Waals surface area contributed by atoms with Crippen molar-refractivity contribution in [3.05, 3.63) is 48.0 Å². The first-order chi connectivity index (χ1) is 8.29. The van der Waals surface area contributed by atoms with E-state index < -0.39 is 0 Å². The highest BCUT2D eigenvalue weighted by Crippen LogP contribution is 2.17. The Morgan fingerprint density at radius 3 is 2.88 bits per heavy atom. The van der Waals surface area contributed by atoms with Gasteiger partial charge < -0.3 is 5.32 Å². The van der Waals surface area contributed by atoms with Crippen molar-refractivity contribution >= 4 is 0 Å². The van der Waals surface area contributed by atoms with Crippen LogP contribution < -0.4 is 5.32 Å². The zero-order chi connectivity index (χ0) is 12.1. The minimum Gasteiger partial charge on any atom is -0.313 e. The molecule has 0 aliphatic rings. The molecule has 0 aromatic carbocycles. The highest BCUT2D eigenvalue weighted by atomic mass is 15.2. The summed E-state index contributed by atoms with van der Waals surface area (Å²) in [6.45, 7) is 0. The molecule has 0 amide bonds. The Balaban J connectivity index is 1.97. The molecule has 0 saturated heterocycles. The maximum absolute atomic E-state index is 4.20. The fourth-order valence-electron chi connectivity index (χ4n) is 1.95. The minimum absolute atomic E-state index is 0.351. The molecule has 0 bridgehead atoms. The molecule has 0 spiro atoms. The number of pyridine rings is 1. The van der Waals surface area contributed by atoms with Gasteiger partial charge in [-0.2, -0.15) is 5.10 Å². The molecule has 1 N–H and O–H groups in total. The van der Waals surface area contributed by atoms with Crippen molar-refractivity contribution in [2.24, 2.45) is 7.05 Å². The van der Waals surface area contributed by atoms with Gasteiger partial charge in [-0.05, 0) is 31.5 Å². The van der Waals surface area contributed by atoms with Crippen LogP contribution in [0.3, 0.4) is 0 Å². The molecule has 90 valence electrons. The Hall–Kier alpha value is -1.68. The zero-order valence-electron chi connectivity index (χ0n) is 10.3. The van der Waals surface area contributed by atoms with Crippen LogP contribution >= 0.6 is 0 Å². The quantitative estimate of drug-likeness (QED) is 0.850. The summed E-state index contributed by atoms with van der Waals surface area (Å²) >= 11 is 0. The largest absolute Gasteiger partial charge is 0.313 e. The van der Waals surface area contributed by atoms with Gasteiger partial charge in [0.25, 0.3) is 0 Å². The molecular weight excluding hydrogens is 212 g/mol. The van der Waals surface area contributed by atoms with Crippen LogP contribution in [0.5, 0.6) is 0 Å². The molecule has 17 heavy (non-hydrogen) atoms. The summed E-state index contributed by atoms with van der Waals surface area (Å²) < 4.78 is 1.84. The first-order valence-corrected chi connectivity index (χ1v) is 5.84. The maximum atomic E-state index is 4.20. The van der Waals surface area contributed by atoms with Crippen LogP contribution in [0.2, 0.25) is 0 Å². The van der Waals surface area contributed by atoms with E-state index >= 15 is 0 Å². The molecule has 0 aliphatic heterocycles. The van der Waals surface area contributed by atoms with Gasteiger partial charge in [-0.1, -0.05) is 6.07 Å². The van der Waals surface area contributed by atoms with Crippen LogP contribution in [0.1, 0.15) is 23.6 Å². The van der Waals surface area contributed by atoms with Crippen LogP contribution in [-0.2, 0) is 13.5 Å². The number of aromatic nitrogens is 3. The number of nitrogens with zero attached hydrogens (tertiary/aromatic N) is 3. The fraction of sp³-hybridized carbons (Fsp3) is 0.385. The van der Waals surface area contributed by atoms with Crippen molar-refractivity contribution in [3.63, 3.8) is 0 Å². The lowest BCUT2D eigenvalue weighted by molar-refractivity contribution is 0.548. The number of rotatable bonds is 5. The zero-order valence-corrected chi connectivity index (χ0v) is 10.3. The smallest absolute Gasteiger partial charge is 0.0537 e. The molecule has 4 heteroatoms. The van der Waals surface area contributed by atoms with Crippen LogP contribution in [0, 0.1) is 0 Å². The van der Waals surface area contributed by atoms with E-state index in [-0.39, 0.29) is 0 Å². The molecule has 4 nitrogen and oxygen atoms in total. The summed E-state index contributed by atoms with van der Waals surface area (Å²) in [6.07, 6.45) is 9.78. The van der Waals surface area contributed by atoms with Gasteiger partial charge in [0.1, 0.15) is 0 Å². The summed E-state index contributed by atoms with van der Waals surface area (Å²) in [5.41, 5.74) is 2.51. The molecule has 0 fully saturated rings. The number of hydrogen-bond acceptors (Lipinski definition) is 3. The molecule has 2 rings (SSSR count). The van der Waals surface area contributed by atoms with E-state index in [0.29, 0.717) is 6.04 Å². The van der Waals surface area contributed by atoms with Crippen LogP contribution in [0.25, 0.3) is 0 Å². The molecule has 2 heterocycles. The summed E-state index contributed by atoms with van der Waals surface area (Å²) in [7, 11) is 3.93. The summed E-state index contributed by atoms with van der Waals surface area (Å²) in [4.78, 5) is 4.13. The third kappa shape index (κ3) is 3.14. The normalized spacial score (nSPS) is 12.6. The highest BCUT2D eigenvalue weighted by molar-refractivity contribution is 5.13. The Kier molecular flexibility index (Phi) is 3.88. The summed E-state index contributed by atoms with van der Waals surface area (Å²) in [5.74, 6) is 0. The Labute approximate surface area is 102 Å². The predicted molar refractivity (Wildman–Crippen MR) is 67.6 cm³/mol. The van der Waals surface area contributed by atoms with Crippen molar-refractivity contribution in [1.82, 2.24) is 20.1 Å². The van der Waals surface area contributed by atoms with Gasteiger partial charge in [-0.15, -0.1) is 0 Å². The van der Waals surface area contributed by atoms with E-state index in [1.165, 1.54) is 11.1 Å². The van der Waals surface area contributed by atoms with Gasteiger partial charge in [0, 0.05) is 37.2 Å². The van der Waals surface area contributed by atoms with Gasteiger partial charge in [0.05, 0.1) is 6.20 Å². The Bertz CT molecular complexity index is 449. The van der Waals surface area contributed by atoms with Crippen molar-refractivity contribution in [3.8, 4) is 0 Å². The average Bonchev–Trinajstić information content (AvgIpc) is 2.78. The van der Waals surface area contributed by atoms with E-state index in [1.807, 2.05) is 37.2 Å². The van der Waals surface area contributed by atoms with E-state index in [2.05, 4.69) is 27.7 Å². The molecule has 1 unspecified atom stereocenters. The standard InChI is InChI=1S/C13H18N4/c1-14-13(12-9-16-17(2)10-12)6-5-11-4-3-7-15-8-11/h3-4,7-10,13-14H,5-6H2,1-2H3. The van der Waals surface area contributed by atoms with Gasteiger partial charge in [-0.3, -0.25) is 9.67 Å². The summed E-state index contributed by atoms with van der Waals surface area (Å²) in [5, 5.41) is 7.53. The minimum atomic E-state index is 0.351. The lowest BCUT2D eigenvalue weighted by Crippen LogP contribution is -2.16. The van der Waals surface area contributed by atoms with Crippen LogP contribution in [0.4, 0.5) is 0 Å². The first kappa shape index (κ1) is 11.8. The third-order valence-electron chi connectivity index (χ3n) is 2.92. The van der Waals surface area contributed by atoms with Crippen molar-refractivity contribution in [2.75, 3.05) is 7.05 Å². The first-order valence-electron chi connectivity index (χ1n) is 5.84. The van der Waals surface area contributed by atoms with E-state index in [9.17, 15) is 0 Å². The third-order valence-corrected chi connectivity index (χ3v) is 2.92. The second-order valence-corrected chi connectivity index (χ2v) is 4.19.